The molecule has 78 valence electrons. The molecular weight excluding hydrogens is 236 g/mol. The fourth-order valence-electron chi connectivity index (χ4n) is 1.38. The average molecular weight is 242 g/mol. The van der Waals surface area contributed by atoms with Gasteiger partial charge in [-0.05, 0) is 24.7 Å². The number of fused-ring (bicyclic) bond motifs is 1. The van der Waals surface area contributed by atoms with Gasteiger partial charge in [-0.3, -0.25) is 9.78 Å². The number of carbonyl (C=O) groups is 1. The van der Waals surface area contributed by atoms with Crippen molar-refractivity contribution in [2.75, 3.05) is 0 Å². The Labute approximate surface area is 92.4 Å². The Bertz CT molecular complexity index is 665. The topological polar surface area (TPSA) is 85.9 Å². The molecular formula is C8H6N2O3S2. The van der Waals surface area contributed by atoms with Crippen molar-refractivity contribution in [3.05, 3.63) is 25.6 Å². The van der Waals surface area contributed by atoms with Gasteiger partial charge in [0.25, 0.3) is 5.56 Å². The quantitative estimate of drug-likeness (QED) is 0.664. The molecule has 0 saturated heterocycles. The number of carboxylic acids is 1. The number of aromatic amines is 2. The first-order valence-corrected chi connectivity index (χ1v) is 5.22. The van der Waals surface area contributed by atoms with Crippen LogP contribution in [0.2, 0.25) is 0 Å². The molecule has 0 unspecified atom stereocenters. The number of rotatable bonds is 1. The van der Waals surface area contributed by atoms with Crippen LogP contribution in [0.4, 0.5) is 0 Å². The summed E-state index contributed by atoms with van der Waals surface area (Å²) >= 11 is 5.81. The molecule has 2 aromatic heterocycles. The second-order valence-electron chi connectivity index (χ2n) is 2.97. The maximum atomic E-state index is 11.5. The van der Waals surface area contributed by atoms with Gasteiger partial charge in [-0.15, -0.1) is 11.3 Å². The number of aromatic nitrogens is 2. The number of thiophene rings is 1. The third kappa shape index (κ3) is 1.49. The molecule has 15 heavy (non-hydrogen) atoms. The number of hydrogen-bond acceptors (Lipinski definition) is 4. The fourth-order valence-corrected chi connectivity index (χ4v) is 2.69. The predicted molar refractivity (Wildman–Crippen MR) is 59.3 cm³/mol. The lowest BCUT2D eigenvalue weighted by molar-refractivity contribution is 0.0701. The second kappa shape index (κ2) is 3.28. The molecule has 0 amide bonds. The van der Waals surface area contributed by atoms with Crippen molar-refractivity contribution in [3.63, 3.8) is 0 Å². The van der Waals surface area contributed by atoms with Crippen LogP contribution in [0.15, 0.2) is 4.79 Å². The van der Waals surface area contributed by atoms with Crippen molar-refractivity contribution in [2.24, 2.45) is 0 Å². The molecule has 3 N–H and O–H groups in total. The average Bonchev–Trinajstić information content (AvgIpc) is 2.42. The van der Waals surface area contributed by atoms with Crippen LogP contribution >= 0.6 is 23.6 Å². The molecule has 2 rings (SSSR count). The molecule has 5 nitrogen and oxygen atoms in total. The van der Waals surface area contributed by atoms with Gasteiger partial charge < -0.3 is 10.1 Å². The van der Waals surface area contributed by atoms with E-state index in [4.69, 9.17) is 17.3 Å². The van der Waals surface area contributed by atoms with E-state index in [0.717, 1.165) is 11.3 Å². The Hall–Kier alpha value is -1.47. The fraction of sp³-hybridized carbons (Fsp3) is 0.125. The molecule has 2 aromatic rings. The van der Waals surface area contributed by atoms with E-state index in [0.29, 0.717) is 15.8 Å². The van der Waals surface area contributed by atoms with Gasteiger partial charge in [0.1, 0.15) is 9.71 Å². The first-order chi connectivity index (χ1) is 7.00. The zero-order valence-corrected chi connectivity index (χ0v) is 9.21. The van der Waals surface area contributed by atoms with Crippen molar-refractivity contribution < 1.29 is 9.90 Å². The summed E-state index contributed by atoms with van der Waals surface area (Å²) in [5.41, 5.74) is 0.116. The Kier molecular flexibility index (Phi) is 2.20. The van der Waals surface area contributed by atoms with E-state index in [1.807, 2.05) is 0 Å². The minimum Gasteiger partial charge on any atom is -0.477 e. The Morgan fingerprint density at radius 2 is 2.13 bits per heavy atom. The van der Waals surface area contributed by atoms with E-state index in [1.54, 1.807) is 6.92 Å². The van der Waals surface area contributed by atoms with Gasteiger partial charge in [-0.2, -0.15) is 0 Å². The van der Waals surface area contributed by atoms with Crippen LogP contribution in [0.1, 0.15) is 15.2 Å². The van der Waals surface area contributed by atoms with Crippen molar-refractivity contribution in [2.45, 2.75) is 6.92 Å². The number of carboxylic acid groups (broad SMARTS) is 1. The van der Waals surface area contributed by atoms with Crippen molar-refractivity contribution >= 4 is 39.7 Å². The van der Waals surface area contributed by atoms with Crippen LogP contribution < -0.4 is 5.56 Å². The van der Waals surface area contributed by atoms with Crippen LogP contribution in [-0.4, -0.2) is 21.0 Å². The van der Waals surface area contributed by atoms with Gasteiger partial charge in [0, 0.05) is 0 Å². The van der Waals surface area contributed by atoms with Gasteiger partial charge in [0.2, 0.25) is 0 Å². The second-order valence-corrected chi connectivity index (χ2v) is 4.40. The number of nitrogens with one attached hydrogen (secondary N) is 2. The number of H-pyrrole nitrogens is 2. The summed E-state index contributed by atoms with van der Waals surface area (Å²) in [5.74, 6) is -1.03. The molecule has 0 aliphatic carbocycles. The number of hydrogen-bond donors (Lipinski definition) is 3. The maximum absolute atomic E-state index is 11.5. The molecule has 0 aliphatic heterocycles. The lowest BCUT2D eigenvalue weighted by Gasteiger charge is -1.90. The highest BCUT2D eigenvalue weighted by atomic mass is 32.1. The van der Waals surface area contributed by atoms with E-state index in [-0.39, 0.29) is 15.2 Å². The van der Waals surface area contributed by atoms with E-state index in [1.165, 1.54) is 0 Å². The smallest absolute Gasteiger partial charge is 0.346 e. The molecule has 0 spiro atoms. The standard InChI is InChI=1S/C8H6N2O3S2/c1-2-3-5(11)9-8(14)10-6(3)15-4(2)7(12)13/h1H3,(H,12,13)(H2,9,10,11,14). The molecule has 0 bridgehead atoms. The van der Waals surface area contributed by atoms with Crippen LogP contribution in [0.5, 0.6) is 0 Å². The molecule has 0 atom stereocenters. The number of aryl methyl sites for hydroxylation is 1. The molecule has 0 fully saturated rings. The van der Waals surface area contributed by atoms with Gasteiger partial charge >= 0.3 is 5.97 Å². The summed E-state index contributed by atoms with van der Waals surface area (Å²) in [6, 6.07) is 0. The lowest BCUT2D eigenvalue weighted by atomic mass is 10.2. The first-order valence-electron chi connectivity index (χ1n) is 3.99. The lowest BCUT2D eigenvalue weighted by Crippen LogP contribution is -2.07. The maximum Gasteiger partial charge on any atom is 0.346 e. The monoisotopic (exact) mass is 242 g/mol. The SMILES string of the molecule is Cc1c(C(=O)O)sc2[nH]c(=S)[nH]c(=O)c12. The van der Waals surface area contributed by atoms with E-state index >= 15 is 0 Å². The summed E-state index contributed by atoms with van der Waals surface area (Å²) in [5, 5.41) is 9.25. The first kappa shape index (κ1) is 10.1. The van der Waals surface area contributed by atoms with E-state index < -0.39 is 5.97 Å². The molecule has 7 heteroatoms. The van der Waals surface area contributed by atoms with E-state index in [9.17, 15) is 9.59 Å². The third-order valence-corrected chi connectivity index (χ3v) is 3.42. The Morgan fingerprint density at radius 1 is 1.47 bits per heavy atom. The Morgan fingerprint density at radius 3 is 2.73 bits per heavy atom. The zero-order valence-electron chi connectivity index (χ0n) is 7.58. The molecule has 0 saturated carbocycles. The van der Waals surface area contributed by atoms with Gasteiger partial charge in [0.05, 0.1) is 5.39 Å². The highest BCUT2D eigenvalue weighted by molar-refractivity contribution is 7.71. The zero-order chi connectivity index (χ0) is 11.2. The minimum absolute atomic E-state index is 0.160. The molecule has 2 heterocycles. The Balaban J connectivity index is 3.01. The van der Waals surface area contributed by atoms with Gasteiger partial charge in [-0.1, -0.05) is 0 Å². The normalized spacial score (nSPS) is 10.7. The minimum atomic E-state index is -1.03. The van der Waals surface area contributed by atoms with Gasteiger partial charge in [-0.25, -0.2) is 4.79 Å². The van der Waals surface area contributed by atoms with Crippen LogP contribution in [0.25, 0.3) is 10.2 Å². The van der Waals surface area contributed by atoms with Crippen LogP contribution in [0, 0.1) is 11.7 Å². The largest absolute Gasteiger partial charge is 0.477 e. The van der Waals surface area contributed by atoms with Crippen molar-refractivity contribution in [1.29, 1.82) is 0 Å². The van der Waals surface area contributed by atoms with Crippen LogP contribution in [0.3, 0.4) is 0 Å². The summed E-state index contributed by atoms with van der Waals surface area (Å²) < 4.78 is 0.200. The van der Waals surface area contributed by atoms with Crippen molar-refractivity contribution in [1.82, 2.24) is 9.97 Å². The summed E-state index contributed by atoms with van der Waals surface area (Å²) in [7, 11) is 0. The molecule has 0 radical (unpaired) electrons. The van der Waals surface area contributed by atoms with Gasteiger partial charge in [0.15, 0.2) is 4.77 Å². The van der Waals surface area contributed by atoms with Crippen LogP contribution in [-0.2, 0) is 0 Å². The molecule has 0 aromatic carbocycles. The highest BCUT2D eigenvalue weighted by Crippen LogP contribution is 2.26. The van der Waals surface area contributed by atoms with E-state index in [2.05, 4.69) is 9.97 Å². The predicted octanol–water partition coefficient (Wildman–Crippen LogP) is 1.65. The highest BCUT2D eigenvalue weighted by Gasteiger charge is 2.16. The molecule has 0 aliphatic rings. The number of aromatic carboxylic acids is 1. The summed E-state index contributed by atoms with van der Waals surface area (Å²) in [6.45, 7) is 1.61. The third-order valence-electron chi connectivity index (χ3n) is 2.02. The van der Waals surface area contributed by atoms with Crippen molar-refractivity contribution in [3.8, 4) is 0 Å². The summed E-state index contributed by atoms with van der Waals surface area (Å²) in [6.07, 6.45) is 0. The summed E-state index contributed by atoms with van der Waals surface area (Å²) in [4.78, 5) is 28.2.